The minimum Gasteiger partial charge on any atom is -0.340 e. The van der Waals surface area contributed by atoms with Crippen LogP contribution >= 0.6 is 0 Å². The standard InChI is InChI=1S/C14H20N4/c1-3-4-11-5-7-12(8-6-11)14(17-15)13-9-18(2)10-16-13/h5-10,14,17H,3-4,15H2,1-2H3. The third-order valence-electron chi connectivity index (χ3n) is 3.04. The van der Waals surface area contributed by atoms with Crippen molar-refractivity contribution in [1.29, 1.82) is 0 Å². The monoisotopic (exact) mass is 244 g/mol. The van der Waals surface area contributed by atoms with Crippen molar-refractivity contribution in [2.75, 3.05) is 0 Å². The summed E-state index contributed by atoms with van der Waals surface area (Å²) in [7, 11) is 1.95. The number of aryl methyl sites for hydroxylation is 2. The Labute approximate surface area is 108 Å². The predicted octanol–water partition coefficient (Wildman–Crippen LogP) is 1.93. The van der Waals surface area contributed by atoms with Gasteiger partial charge < -0.3 is 4.57 Å². The number of benzene rings is 1. The topological polar surface area (TPSA) is 55.9 Å². The van der Waals surface area contributed by atoms with E-state index in [2.05, 4.69) is 41.6 Å². The molecule has 96 valence electrons. The Balaban J connectivity index is 2.22. The molecule has 1 heterocycles. The lowest BCUT2D eigenvalue weighted by molar-refractivity contribution is 0.622. The molecule has 4 nitrogen and oxygen atoms in total. The summed E-state index contributed by atoms with van der Waals surface area (Å²) in [6.45, 7) is 2.19. The van der Waals surface area contributed by atoms with E-state index in [1.165, 1.54) is 5.56 Å². The maximum atomic E-state index is 5.64. The molecular weight excluding hydrogens is 224 g/mol. The van der Waals surface area contributed by atoms with Crippen LogP contribution in [0.1, 0.15) is 36.2 Å². The highest BCUT2D eigenvalue weighted by Crippen LogP contribution is 2.20. The lowest BCUT2D eigenvalue weighted by Gasteiger charge is -2.14. The molecule has 0 fully saturated rings. The number of hydrogen-bond donors (Lipinski definition) is 2. The molecule has 18 heavy (non-hydrogen) atoms. The van der Waals surface area contributed by atoms with E-state index in [0.29, 0.717) is 0 Å². The molecule has 3 N–H and O–H groups in total. The normalized spacial score (nSPS) is 12.6. The van der Waals surface area contributed by atoms with Crippen LogP contribution < -0.4 is 11.3 Å². The van der Waals surface area contributed by atoms with Gasteiger partial charge in [0, 0.05) is 13.2 Å². The van der Waals surface area contributed by atoms with Gasteiger partial charge in [-0.15, -0.1) is 0 Å². The van der Waals surface area contributed by atoms with Gasteiger partial charge in [0.05, 0.1) is 18.1 Å². The van der Waals surface area contributed by atoms with Crippen molar-refractivity contribution in [3.8, 4) is 0 Å². The highest BCUT2D eigenvalue weighted by Gasteiger charge is 2.14. The first-order chi connectivity index (χ1) is 8.74. The SMILES string of the molecule is CCCc1ccc(C(NN)c2cn(C)cn2)cc1. The fourth-order valence-corrected chi connectivity index (χ4v) is 2.10. The molecule has 2 rings (SSSR count). The van der Waals surface area contributed by atoms with Gasteiger partial charge in [-0.3, -0.25) is 5.84 Å². The maximum absolute atomic E-state index is 5.64. The van der Waals surface area contributed by atoms with Crippen LogP contribution in [0.4, 0.5) is 0 Å². The molecule has 1 aromatic carbocycles. The van der Waals surface area contributed by atoms with Crippen molar-refractivity contribution in [3.63, 3.8) is 0 Å². The molecule has 0 aliphatic rings. The van der Waals surface area contributed by atoms with Gasteiger partial charge in [0.25, 0.3) is 0 Å². The number of aromatic nitrogens is 2. The Kier molecular flexibility index (Phi) is 4.12. The zero-order valence-corrected chi connectivity index (χ0v) is 10.9. The summed E-state index contributed by atoms with van der Waals surface area (Å²) in [6.07, 6.45) is 6.04. The van der Waals surface area contributed by atoms with E-state index in [1.54, 1.807) is 6.33 Å². The lowest BCUT2D eigenvalue weighted by atomic mass is 10.0. The fourth-order valence-electron chi connectivity index (χ4n) is 2.10. The van der Waals surface area contributed by atoms with Gasteiger partial charge in [0.1, 0.15) is 0 Å². The van der Waals surface area contributed by atoms with Crippen LogP contribution in [0.25, 0.3) is 0 Å². The molecule has 0 aliphatic carbocycles. The fraction of sp³-hybridized carbons (Fsp3) is 0.357. The molecule has 4 heteroatoms. The van der Waals surface area contributed by atoms with Crippen LogP contribution in [0.2, 0.25) is 0 Å². The summed E-state index contributed by atoms with van der Waals surface area (Å²) < 4.78 is 1.92. The Bertz CT molecular complexity index is 487. The van der Waals surface area contributed by atoms with Gasteiger partial charge in [-0.2, -0.15) is 0 Å². The Morgan fingerprint density at radius 2 is 2.06 bits per heavy atom. The highest BCUT2D eigenvalue weighted by molar-refractivity contribution is 5.30. The van der Waals surface area contributed by atoms with Gasteiger partial charge in [-0.1, -0.05) is 37.6 Å². The molecule has 0 saturated heterocycles. The summed E-state index contributed by atoms with van der Waals surface area (Å²) in [5.74, 6) is 5.64. The van der Waals surface area contributed by atoms with Gasteiger partial charge in [-0.05, 0) is 17.5 Å². The second-order valence-electron chi connectivity index (χ2n) is 4.56. The molecular formula is C14H20N4. The van der Waals surface area contributed by atoms with E-state index in [0.717, 1.165) is 24.1 Å². The van der Waals surface area contributed by atoms with Crippen LogP contribution in [0.15, 0.2) is 36.8 Å². The number of rotatable bonds is 5. The van der Waals surface area contributed by atoms with Gasteiger partial charge in [0.15, 0.2) is 0 Å². The first-order valence-electron chi connectivity index (χ1n) is 6.27. The molecule has 1 unspecified atom stereocenters. The molecule has 1 aromatic heterocycles. The minimum absolute atomic E-state index is 0.0538. The van der Waals surface area contributed by atoms with E-state index in [-0.39, 0.29) is 6.04 Å². The molecule has 2 aromatic rings. The maximum Gasteiger partial charge on any atom is 0.0947 e. The van der Waals surface area contributed by atoms with E-state index >= 15 is 0 Å². The molecule has 0 bridgehead atoms. The number of nitrogens with zero attached hydrogens (tertiary/aromatic N) is 2. The smallest absolute Gasteiger partial charge is 0.0947 e. The summed E-state index contributed by atoms with van der Waals surface area (Å²) >= 11 is 0. The predicted molar refractivity (Wildman–Crippen MR) is 72.8 cm³/mol. The molecule has 0 saturated carbocycles. The summed E-state index contributed by atoms with van der Waals surface area (Å²) in [4.78, 5) is 4.34. The van der Waals surface area contributed by atoms with Crippen molar-refractivity contribution in [3.05, 3.63) is 53.6 Å². The van der Waals surface area contributed by atoms with E-state index in [4.69, 9.17) is 5.84 Å². The Morgan fingerprint density at radius 3 is 2.56 bits per heavy atom. The third-order valence-corrected chi connectivity index (χ3v) is 3.04. The second kappa shape index (κ2) is 5.80. The summed E-state index contributed by atoms with van der Waals surface area (Å²) in [6, 6.07) is 8.49. The third kappa shape index (κ3) is 2.78. The van der Waals surface area contributed by atoms with Crippen LogP contribution in [0.3, 0.4) is 0 Å². The zero-order valence-electron chi connectivity index (χ0n) is 10.9. The number of nitrogens with two attached hydrogens (primary N) is 1. The van der Waals surface area contributed by atoms with Crippen molar-refractivity contribution in [2.24, 2.45) is 12.9 Å². The van der Waals surface area contributed by atoms with Gasteiger partial charge in [0.2, 0.25) is 0 Å². The Morgan fingerprint density at radius 1 is 1.33 bits per heavy atom. The van der Waals surface area contributed by atoms with Crippen molar-refractivity contribution in [2.45, 2.75) is 25.8 Å². The average Bonchev–Trinajstić information content (AvgIpc) is 2.79. The number of nitrogens with one attached hydrogen (secondary N) is 1. The number of hydrazine groups is 1. The van der Waals surface area contributed by atoms with E-state index < -0.39 is 0 Å². The first kappa shape index (κ1) is 12.8. The number of hydrogen-bond acceptors (Lipinski definition) is 3. The van der Waals surface area contributed by atoms with Crippen LogP contribution in [-0.4, -0.2) is 9.55 Å². The van der Waals surface area contributed by atoms with Gasteiger partial charge in [-0.25, -0.2) is 10.4 Å². The Hall–Kier alpha value is -1.65. The second-order valence-corrected chi connectivity index (χ2v) is 4.56. The van der Waals surface area contributed by atoms with Crippen molar-refractivity contribution < 1.29 is 0 Å². The van der Waals surface area contributed by atoms with Crippen molar-refractivity contribution >= 4 is 0 Å². The van der Waals surface area contributed by atoms with Crippen LogP contribution in [0, 0.1) is 0 Å². The molecule has 0 radical (unpaired) electrons. The minimum atomic E-state index is -0.0538. The van der Waals surface area contributed by atoms with Crippen LogP contribution in [0.5, 0.6) is 0 Å². The molecule has 0 aliphatic heterocycles. The summed E-state index contributed by atoms with van der Waals surface area (Å²) in [5.41, 5.74) is 6.25. The van der Waals surface area contributed by atoms with E-state index in [1.807, 2.05) is 17.8 Å². The molecule has 1 atom stereocenters. The number of imidazole rings is 1. The van der Waals surface area contributed by atoms with Crippen LogP contribution in [-0.2, 0) is 13.5 Å². The van der Waals surface area contributed by atoms with Gasteiger partial charge >= 0.3 is 0 Å². The highest BCUT2D eigenvalue weighted by atomic mass is 15.2. The lowest BCUT2D eigenvalue weighted by Crippen LogP contribution is -2.29. The van der Waals surface area contributed by atoms with E-state index in [9.17, 15) is 0 Å². The largest absolute Gasteiger partial charge is 0.340 e. The van der Waals surface area contributed by atoms with Crippen molar-refractivity contribution in [1.82, 2.24) is 15.0 Å². The zero-order chi connectivity index (χ0) is 13.0. The first-order valence-corrected chi connectivity index (χ1v) is 6.27. The quantitative estimate of drug-likeness (QED) is 0.624. The molecule has 0 spiro atoms. The average molecular weight is 244 g/mol. The molecule has 0 amide bonds. The summed E-state index contributed by atoms with van der Waals surface area (Å²) in [5, 5.41) is 0.